The number of nitrogens with zero attached hydrogens (tertiary/aromatic N) is 2. The summed E-state index contributed by atoms with van der Waals surface area (Å²) in [5, 5.41) is 6.57. The van der Waals surface area contributed by atoms with Crippen LogP contribution in [0.25, 0.3) is 11.5 Å². The van der Waals surface area contributed by atoms with E-state index >= 15 is 0 Å². The predicted octanol–water partition coefficient (Wildman–Crippen LogP) is 4.06. The lowest BCUT2D eigenvalue weighted by molar-refractivity contribution is 0.559. The van der Waals surface area contributed by atoms with E-state index in [0.717, 1.165) is 29.7 Å². The Morgan fingerprint density at radius 3 is 2.57 bits per heavy atom. The molecule has 2 N–H and O–H groups in total. The van der Waals surface area contributed by atoms with Crippen molar-refractivity contribution in [2.45, 2.75) is 24.7 Å². The van der Waals surface area contributed by atoms with Crippen molar-refractivity contribution in [1.82, 2.24) is 15.6 Å². The van der Waals surface area contributed by atoms with Crippen LogP contribution in [0, 0.1) is 11.6 Å². The van der Waals surface area contributed by atoms with Crippen LogP contribution in [0.3, 0.4) is 0 Å². The van der Waals surface area contributed by atoms with Crippen molar-refractivity contribution in [2.75, 3.05) is 20.1 Å². The fraction of sp³-hybridized carbons (Fsp3) is 0.304. The van der Waals surface area contributed by atoms with Crippen LogP contribution in [0.4, 0.5) is 8.78 Å². The number of hydrogen-bond donors (Lipinski definition) is 2. The lowest BCUT2D eigenvalue weighted by Crippen LogP contribution is -2.42. The quantitative estimate of drug-likeness (QED) is 0.456. The van der Waals surface area contributed by atoms with Crippen LogP contribution in [0.2, 0.25) is 0 Å². The van der Waals surface area contributed by atoms with E-state index in [2.05, 4.69) is 20.6 Å². The lowest BCUT2D eigenvalue weighted by atomic mass is 9.95. The van der Waals surface area contributed by atoms with Gasteiger partial charge in [0.05, 0.1) is 5.69 Å². The van der Waals surface area contributed by atoms with Gasteiger partial charge in [0.2, 0.25) is 5.89 Å². The van der Waals surface area contributed by atoms with Gasteiger partial charge in [-0.15, -0.1) is 0 Å². The molecule has 0 saturated heterocycles. The Kier molecular flexibility index (Phi) is 5.79. The summed E-state index contributed by atoms with van der Waals surface area (Å²) >= 11 is 0. The number of aliphatic imine (C=N–C) groups is 1. The molecule has 1 heterocycles. The van der Waals surface area contributed by atoms with Gasteiger partial charge >= 0.3 is 0 Å². The molecule has 3 aromatic rings. The molecule has 156 valence electrons. The first-order chi connectivity index (χ1) is 14.6. The summed E-state index contributed by atoms with van der Waals surface area (Å²) in [7, 11) is 1.71. The average Bonchev–Trinajstić information content (AvgIpc) is 3.40. The molecule has 7 heteroatoms. The van der Waals surface area contributed by atoms with Gasteiger partial charge < -0.3 is 15.1 Å². The molecule has 1 fully saturated rings. The zero-order chi connectivity index (χ0) is 21.0. The highest BCUT2D eigenvalue weighted by molar-refractivity contribution is 5.79. The maximum atomic E-state index is 14.2. The number of halogens is 2. The van der Waals surface area contributed by atoms with Gasteiger partial charge in [-0.1, -0.05) is 18.2 Å². The van der Waals surface area contributed by atoms with Crippen molar-refractivity contribution in [3.63, 3.8) is 0 Å². The summed E-state index contributed by atoms with van der Waals surface area (Å²) in [5.41, 5.74) is 2.14. The number of aromatic nitrogens is 1. The summed E-state index contributed by atoms with van der Waals surface area (Å²) in [4.78, 5) is 8.69. The van der Waals surface area contributed by atoms with Crippen LogP contribution in [0.15, 0.2) is 64.2 Å². The maximum Gasteiger partial charge on any atom is 0.226 e. The first-order valence-corrected chi connectivity index (χ1v) is 9.99. The Morgan fingerprint density at radius 1 is 1.10 bits per heavy atom. The smallest absolute Gasteiger partial charge is 0.226 e. The highest BCUT2D eigenvalue weighted by Crippen LogP contribution is 2.48. The van der Waals surface area contributed by atoms with Crippen LogP contribution in [-0.2, 0) is 11.8 Å². The van der Waals surface area contributed by atoms with E-state index in [-0.39, 0.29) is 17.0 Å². The molecule has 1 aliphatic carbocycles. The van der Waals surface area contributed by atoms with Crippen LogP contribution in [0.1, 0.15) is 24.1 Å². The van der Waals surface area contributed by atoms with E-state index in [9.17, 15) is 8.78 Å². The highest BCUT2D eigenvalue weighted by atomic mass is 19.1. The SMILES string of the molecule is CN=C(NCCc1coc(-c2ccc(F)cc2)n1)NCC1(c2ccccc2F)CC1. The van der Waals surface area contributed by atoms with Gasteiger partial charge in [-0.25, -0.2) is 13.8 Å². The van der Waals surface area contributed by atoms with E-state index in [0.29, 0.717) is 31.4 Å². The maximum absolute atomic E-state index is 14.2. The summed E-state index contributed by atoms with van der Waals surface area (Å²) in [6, 6.07) is 13.0. The molecule has 4 rings (SSSR count). The van der Waals surface area contributed by atoms with Gasteiger partial charge in [0.1, 0.15) is 17.9 Å². The Hall–Kier alpha value is -3.22. The monoisotopic (exact) mass is 410 g/mol. The molecule has 5 nitrogen and oxygen atoms in total. The van der Waals surface area contributed by atoms with Gasteiger partial charge in [0, 0.05) is 37.5 Å². The zero-order valence-corrected chi connectivity index (χ0v) is 16.8. The lowest BCUT2D eigenvalue weighted by Gasteiger charge is -2.19. The van der Waals surface area contributed by atoms with Crippen molar-refractivity contribution in [3.05, 3.63) is 77.7 Å². The normalized spacial score (nSPS) is 15.1. The predicted molar refractivity (Wildman–Crippen MR) is 112 cm³/mol. The molecular formula is C23H24F2N4O. The molecule has 2 aromatic carbocycles. The molecule has 0 radical (unpaired) electrons. The fourth-order valence-electron chi connectivity index (χ4n) is 3.51. The van der Waals surface area contributed by atoms with Crippen molar-refractivity contribution in [1.29, 1.82) is 0 Å². The molecule has 0 aliphatic heterocycles. The topological polar surface area (TPSA) is 62.5 Å². The van der Waals surface area contributed by atoms with Crippen molar-refractivity contribution in [3.8, 4) is 11.5 Å². The Balaban J connectivity index is 1.28. The van der Waals surface area contributed by atoms with Crippen molar-refractivity contribution >= 4 is 5.96 Å². The molecule has 0 unspecified atom stereocenters. The third kappa shape index (κ3) is 4.50. The first-order valence-electron chi connectivity index (χ1n) is 9.99. The fourth-order valence-corrected chi connectivity index (χ4v) is 3.51. The average molecular weight is 410 g/mol. The molecule has 0 atom stereocenters. The largest absolute Gasteiger partial charge is 0.444 e. The number of rotatable bonds is 7. The van der Waals surface area contributed by atoms with Gasteiger partial charge in [-0.05, 0) is 48.7 Å². The third-order valence-electron chi connectivity index (χ3n) is 5.43. The van der Waals surface area contributed by atoms with Crippen LogP contribution < -0.4 is 10.6 Å². The zero-order valence-electron chi connectivity index (χ0n) is 16.8. The van der Waals surface area contributed by atoms with Gasteiger partial charge in [-0.2, -0.15) is 0 Å². The van der Waals surface area contributed by atoms with Crippen LogP contribution in [-0.4, -0.2) is 31.1 Å². The highest BCUT2D eigenvalue weighted by Gasteiger charge is 2.45. The Labute approximate surface area is 174 Å². The minimum atomic E-state index is -0.295. The van der Waals surface area contributed by atoms with Crippen molar-refractivity contribution < 1.29 is 13.2 Å². The third-order valence-corrected chi connectivity index (χ3v) is 5.43. The van der Waals surface area contributed by atoms with E-state index in [1.54, 1.807) is 31.5 Å². The van der Waals surface area contributed by atoms with Crippen LogP contribution >= 0.6 is 0 Å². The summed E-state index contributed by atoms with van der Waals surface area (Å²) in [6.45, 7) is 1.24. The summed E-state index contributed by atoms with van der Waals surface area (Å²) in [6.07, 6.45) is 4.17. The van der Waals surface area contributed by atoms with E-state index in [1.165, 1.54) is 18.2 Å². The summed E-state index contributed by atoms with van der Waals surface area (Å²) in [5.74, 6) is 0.687. The number of oxazole rings is 1. The van der Waals surface area contributed by atoms with Crippen molar-refractivity contribution in [2.24, 2.45) is 4.99 Å². The molecule has 1 aromatic heterocycles. The van der Waals surface area contributed by atoms with E-state index in [1.807, 2.05) is 12.1 Å². The van der Waals surface area contributed by atoms with Gasteiger partial charge in [0.15, 0.2) is 5.96 Å². The second-order valence-corrected chi connectivity index (χ2v) is 7.51. The van der Waals surface area contributed by atoms with Gasteiger partial charge in [-0.3, -0.25) is 4.99 Å². The molecule has 0 spiro atoms. The van der Waals surface area contributed by atoms with Gasteiger partial charge in [0.25, 0.3) is 0 Å². The number of guanidine groups is 1. The molecule has 1 aliphatic rings. The molecule has 1 saturated carbocycles. The number of hydrogen-bond acceptors (Lipinski definition) is 3. The molecule has 0 bridgehead atoms. The number of nitrogens with one attached hydrogen (secondary N) is 2. The summed E-state index contributed by atoms with van der Waals surface area (Å²) < 4.78 is 32.7. The van der Waals surface area contributed by atoms with E-state index in [4.69, 9.17) is 4.42 Å². The molecule has 0 amide bonds. The number of benzene rings is 2. The second-order valence-electron chi connectivity index (χ2n) is 7.51. The molecule has 30 heavy (non-hydrogen) atoms. The first kappa shape index (κ1) is 20.1. The van der Waals surface area contributed by atoms with Crippen LogP contribution in [0.5, 0.6) is 0 Å². The Bertz CT molecular complexity index is 1030. The van der Waals surface area contributed by atoms with E-state index < -0.39 is 0 Å². The standard InChI is InChI=1S/C23H24F2N4O/c1-26-22(28-15-23(11-12-23)19-4-2-3-5-20(19)25)27-13-10-18-14-30-21(29-18)16-6-8-17(24)9-7-16/h2-9,14H,10-13,15H2,1H3,(H2,26,27,28). The Morgan fingerprint density at radius 2 is 1.87 bits per heavy atom. The minimum Gasteiger partial charge on any atom is -0.444 e. The molecular weight excluding hydrogens is 386 g/mol. The minimum absolute atomic E-state index is 0.150. The second kappa shape index (κ2) is 8.65.